The number of hydrogen-bond donors (Lipinski definition) is 2. The average molecular weight is 251 g/mol. The molecule has 0 spiro atoms. The van der Waals surface area contributed by atoms with Crippen LogP contribution in [0, 0.1) is 5.92 Å². The fourth-order valence-electron chi connectivity index (χ4n) is 3.68. The first kappa shape index (κ1) is 12.4. The third kappa shape index (κ3) is 2.28. The van der Waals surface area contributed by atoms with Crippen molar-refractivity contribution in [2.75, 3.05) is 13.1 Å². The molecule has 4 heteroatoms. The van der Waals surface area contributed by atoms with Gasteiger partial charge in [-0.25, -0.2) is 0 Å². The maximum atomic E-state index is 11.9. The van der Waals surface area contributed by atoms with Gasteiger partial charge in [0.15, 0.2) is 0 Å². The molecule has 18 heavy (non-hydrogen) atoms. The normalized spacial score (nSPS) is 41.4. The van der Waals surface area contributed by atoms with Crippen LogP contribution in [0.15, 0.2) is 0 Å². The summed E-state index contributed by atoms with van der Waals surface area (Å²) in [4.78, 5) is 14.4. The van der Waals surface area contributed by atoms with Gasteiger partial charge in [-0.15, -0.1) is 0 Å². The Hall–Kier alpha value is -0.610. The van der Waals surface area contributed by atoms with Gasteiger partial charge in [-0.2, -0.15) is 0 Å². The van der Waals surface area contributed by atoms with E-state index in [0.29, 0.717) is 12.1 Å². The van der Waals surface area contributed by atoms with E-state index in [1.165, 1.54) is 32.4 Å². The van der Waals surface area contributed by atoms with Crippen LogP contribution in [0.2, 0.25) is 0 Å². The highest BCUT2D eigenvalue weighted by Gasteiger charge is 2.48. The molecule has 4 nitrogen and oxygen atoms in total. The van der Waals surface area contributed by atoms with Crippen LogP contribution in [0.3, 0.4) is 0 Å². The third-order valence-corrected chi connectivity index (χ3v) is 4.99. The van der Waals surface area contributed by atoms with Gasteiger partial charge in [0.25, 0.3) is 0 Å². The summed E-state index contributed by atoms with van der Waals surface area (Å²) in [6.07, 6.45) is 6.69. The second kappa shape index (κ2) is 4.49. The van der Waals surface area contributed by atoms with Crippen LogP contribution in [0.25, 0.3) is 0 Å². The Morgan fingerprint density at radius 2 is 2.11 bits per heavy atom. The lowest BCUT2D eigenvalue weighted by Crippen LogP contribution is -2.55. The standard InChI is InChI=1S/C14H25N3O/c1-10-5-7-17(9-10)12-4-6-14(8-12,13(15)18)16-11-2-3-11/h10-12,16H,2-9H2,1H3,(H2,15,18). The van der Waals surface area contributed by atoms with Crippen molar-refractivity contribution in [2.45, 2.75) is 63.1 Å². The van der Waals surface area contributed by atoms with E-state index in [4.69, 9.17) is 5.73 Å². The van der Waals surface area contributed by atoms with Crippen LogP contribution in [0.1, 0.15) is 45.4 Å². The molecule has 3 unspecified atom stereocenters. The molecule has 1 heterocycles. The van der Waals surface area contributed by atoms with Crippen LogP contribution < -0.4 is 11.1 Å². The monoisotopic (exact) mass is 251 g/mol. The fraction of sp³-hybridized carbons (Fsp3) is 0.929. The van der Waals surface area contributed by atoms with E-state index in [9.17, 15) is 4.79 Å². The van der Waals surface area contributed by atoms with Crippen molar-refractivity contribution in [1.29, 1.82) is 0 Å². The number of hydrogen-bond acceptors (Lipinski definition) is 3. The van der Waals surface area contributed by atoms with Gasteiger partial charge >= 0.3 is 0 Å². The molecule has 0 aromatic carbocycles. The van der Waals surface area contributed by atoms with Crippen LogP contribution in [-0.4, -0.2) is 41.5 Å². The lowest BCUT2D eigenvalue weighted by molar-refractivity contribution is -0.124. The van der Waals surface area contributed by atoms with Crippen molar-refractivity contribution < 1.29 is 4.79 Å². The minimum atomic E-state index is -0.405. The van der Waals surface area contributed by atoms with Crippen molar-refractivity contribution in [1.82, 2.24) is 10.2 Å². The first-order valence-electron chi connectivity index (χ1n) is 7.41. The smallest absolute Gasteiger partial charge is 0.237 e. The highest BCUT2D eigenvalue weighted by Crippen LogP contribution is 2.37. The van der Waals surface area contributed by atoms with E-state index in [2.05, 4.69) is 17.1 Å². The minimum absolute atomic E-state index is 0.135. The summed E-state index contributed by atoms with van der Waals surface area (Å²) in [5.41, 5.74) is 5.27. The van der Waals surface area contributed by atoms with E-state index in [-0.39, 0.29) is 5.91 Å². The number of carbonyl (C=O) groups is 1. The summed E-state index contributed by atoms with van der Waals surface area (Å²) in [5.74, 6) is 0.675. The second-order valence-corrected chi connectivity index (χ2v) is 6.65. The van der Waals surface area contributed by atoms with Crippen LogP contribution in [0.4, 0.5) is 0 Å². The predicted octanol–water partition coefficient (Wildman–Crippen LogP) is 0.857. The van der Waals surface area contributed by atoms with Crippen LogP contribution in [0.5, 0.6) is 0 Å². The Morgan fingerprint density at radius 3 is 2.67 bits per heavy atom. The van der Waals surface area contributed by atoms with Gasteiger partial charge < -0.3 is 16.0 Å². The Kier molecular flexibility index (Phi) is 3.10. The van der Waals surface area contributed by atoms with Crippen molar-refractivity contribution in [3.05, 3.63) is 0 Å². The number of rotatable bonds is 4. The summed E-state index contributed by atoms with van der Waals surface area (Å²) in [6.45, 7) is 4.71. The molecule has 2 saturated carbocycles. The topological polar surface area (TPSA) is 58.4 Å². The average Bonchev–Trinajstić information content (AvgIpc) is 2.85. The molecule has 1 saturated heterocycles. The number of amides is 1. The second-order valence-electron chi connectivity index (χ2n) is 6.65. The molecule has 1 amide bonds. The van der Waals surface area contributed by atoms with Gasteiger partial charge in [0.2, 0.25) is 5.91 Å². The lowest BCUT2D eigenvalue weighted by Gasteiger charge is -2.29. The first-order valence-corrected chi connectivity index (χ1v) is 7.41. The molecule has 3 fully saturated rings. The molecule has 1 aliphatic heterocycles. The third-order valence-electron chi connectivity index (χ3n) is 4.99. The molecule has 0 aromatic rings. The predicted molar refractivity (Wildman–Crippen MR) is 71.1 cm³/mol. The quantitative estimate of drug-likeness (QED) is 0.779. The minimum Gasteiger partial charge on any atom is -0.368 e. The summed E-state index contributed by atoms with van der Waals surface area (Å²) in [5, 5.41) is 3.53. The SMILES string of the molecule is CC1CCN(C2CCC(NC3CC3)(C(N)=O)C2)C1. The van der Waals surface area contributed by atoms with Gasteiger partial charge in [-0.3, -0.25) is 4.79 Å². The highest BCUT2D eigenvalue weighted by atomic mass is 16.1. The number of nitrogens with two attached hydrogens (primary N) is 1. The van der Waals surface area contributed by atoms with E-state index in [0.717, 1.165) is 25.2 Å². The van der Waals surface area contributed by atoms with Gasteiger partial charge in [0.1, 0.15) is 0 Å². The fourth-order valence-corrected chi connectivity index (χ4v) is 3.68. The van der Waals surface area contributed by atoms with Crippen molar-refractivity contribution >= 4 is 5.91 Å². The van der Waals surface area contributed by atoms with Crippen molar-refractivity contribution in [2.24, 2.45) is 11.7 Å². The highest BCUT2D eigenvalue weighted by molar-refractivity contribution is 5.85. The van der Waals surface area contributed by atoms with E-state index < -0.39 is 5.54 Å². The molecule has 0 radical (unpaired) electrons. The van der Waals surface area contributed by atoms with Gasteiger partial charge in [-0.05, 0) is 51.0 Å². The number of carbonyl (C=O) groups excluding carboxylic acids is 1. The number of primary amides is 1. The molecule has 102 valence electrons. The molecule has 2 aliphatic carbocycles. The zero-order chi connectivity index (χ0) is 12.8. The van der Waals surface area contributed by atoms with Crippen molar-refractivity contribution in [3.8, 4) is 0 Å². The number of likely N-dealkylation sites (tertiary alicyclic amines) is 1. The number of nitrogens with zero attached hydrogens (tertiary/aromatic N) is 1. The Bertz CT molecular complexity index is 342. The van der Waals surface area contributed by atoms with E-state index in [1.807, 2.05) is 0 Å². The van der Waals surface area contributed by atoms with Crippen molar-refractivity contribution in [3.63, 3.8) is 0 Å². The zero-order valence-electron chi connectivity index (χ0n) is 11.3. The van der Waals surface area contributed by atoms with Crippen LogP contribution in [-0.2, 0) is 4.79 Å². The molecule has 3 rings (SSSR count). The van der Waals surface area contributed by atoms with E-state index in [1.54, 1.807) is 0 Å². The van der Waals surface area contributed by atoms with Gasteiger partial charge in [-0.1, -0.05) is 6.92 Å². The Balaban J connectivity index is 1.65. The van der Waals surface area contributed by atoms with E-state index >= 15 is 0 Å². The summed E-state index contributed by atoms with van der Waals surface area (Å²) >= 11 is 0. The molecule has 3 atom stereocenters. The number of nitrogens with one attached hydrogen (secondary N) is 1. The molecular weight excluding hydrogens is 226 g/mol. The molecule has 0 bridgehead atoms. The maximum Gasteiger partial charge on any atom is 0.237 e. The van der Waals surface area contributed by atoms with Gasteiger partial charge in [0, 0.05) is 18.6 Å². The molecule has 0 aromatic heterocycles. The Morgan fingerprint density at radius 1 is 1.33 bits per heavy atom. The summed E-state index contributed by atoms with van der Waals surface area (Å²) in [7, 11) is 0. The molecule has 3 N–H and O–H groups in total. The zero-order valence-corrected chi connectivity index (χ0v) is 11.3. The lowest BCUT2D eigenvalue weighted by atomic mass is 9.96. The largest absolute Gasteiger partial charge is 0.368 e. The first-order chi connectivity index (χ1) is 8.59. The molecule has 3 aliphatic rings. The summed E-state index contributed by atoms with van der Waals surface area (Å²) in [6, 6.07) is 1.11. The summed E-state index contributed by atoms with van der Waals surface area (Å²) < 4.78 is 0. The van der Waals surface area contributed by atoms with Gasteiger partial charge in [0.05, 0.1) is 5.54 Å². The Labute approximate surface area is 109 Å². The maximum absolute atomic E-state index is 11.9. The molecular formula is C14H25N3O. The van der Waals surface area contributed by atoms with Crippen LogP contribution >= 0.6 is 0 Å².